The molecule has 0 aliphatic rings. The van der Waals surface area contributed by atoms with E-state index < -0.39 is 17.8 Å². The summed E-state index contributed by atoms with van der Waals surface area (Å²) in [6.45, 7) is 12.3. The molecule has 0 saturated carbocycles. The molecule has 6 nitrogen and oxygen atoms in total. The van der Waals surface area contributed by atoms with E-state index in [0.29, 0.717) is 11.4 Å². The molecule has 2 atom stereocenters. The highest BCUT2D eigenvalue weighted by Gasteiger charge is 2.19. The molecule has 0 bridgehead atoms. The molecule has 0 aliphatic carbocycles. The van der Waals surface area contributed by atoms with Crippen LogP contribution in [-0.4, -0.2) is 29.2 Å². The fraction of sp³-hybridized carbons (Fsp3) is 0.350. The van der Waals surface area contributed by atoms with Crippen LogP contribution in [-0.2, 0) is 9.59 Å². The normalized spacial score (nSPS) is 16.3. The predicted octanol–water partition coefficient (Wildman–Crippen LogP) is 3.11. The van der Waals surface area contributed by atoms with Crippen LogP contribution in [0.2, 0.25) is 0 Å². The molecule has 0 aromatic rings. The van der Waals surface area contributed by atoms with Gasteiger partial charge in [0.25, 0.3) is 5.91 Å². The third-order valence-corrected chi connectivity index (χ3v) is 3.56. The number of hydrogen-bond donors (Lipinski definition) is 3. The minimum absolute atomic E-state index is 0.239. The van der Waals surface area contributed by atoms with E-state index in [2.05, 4.69) is 16.9 Å². The van der Waals surface area contributed by atoms with E-state index in [1.807, 2.05) is 26.0 Å². The number of allylic oxidation sites excluding steroid dienone is 5. The smallest absolute Gasteiger partial charge is 0.312 e. The molecule has 142 valence electrons. The molecule has 0 rings (SSSR count). The Hall–Kier alpha value is -2.89. The molecule has 0 aromatic heterocycles. The lowest BCUT2D eigenvalue weighted by Gasteiger charge is -2.22. The molecule has 2 unspecified atom stereocenters. The van der Waals surface area contributed by atoms with Gasteiger partial charge in [-0.1, -0.05) is 24.8 Å². The summed E-state index contributed by atoms with van der Waals surface area (Å²) >= 11 is 0. The van der Waals surface area contributed by atoms with Crippen molar-refractivity contribution in [3.05, 3.63) is 59.5 Å². The van der Waals surface area contributed by atoms with Crippen LogP contribution in [0.1, 0.15) is 34.6 Å². The van der Waals surface area contributed by atoms with Crippen LogP contribution in [0.3, 0.4) is 0 Å². The highest BCUT2D eigenvalue weighted by atomic mass is 16.4. The molecule has 0 heterocycles. The van der Waals surface area contributed by atoms with E-state index in [1.165, 1.54) is 6.21 Å². The van der Waals surface area contributed by atoms with Crippen molar-refractivity contribution in [1.82, 2.24) is 5.32 Å². The molecule has 4 N–H and O–H groups in total. The SMILES string of the molecule is C=CC(=O)N=C/C(C)=C\C(=C(/C)N)C(C)N/C(=C/C=C\C)C(C)C(=O)O. The number of carbonyl (C=O) groups excluding carboxylic acids is 1. The van der Waals surface area contributed by atoms with Gasteiger partial charge in [-0.15, -0.1) is 0 Å². The minimum atomic E-state index is -0.919. The number of nitrogens with two attached hydrogens (primary N) is 1. The van der Waals surface area contributed by atoms with Gasteiger partial charge in [0.2, 0.25) is 0 Å². The van der Waals surface area contributed by atoms with Crippen LogP contribution >= 0.6 is 0 Å². The van der Waals surface area contributed by atoms with Crippen LogP contribution in [0.25, 0.3) is 0 Å². The molecule has 26 heavy (non-hydrogen) atoms. The molecule has 0 radical (unpaired) electrons. The Balaban J connectivity index is 5.60. The second-order valence-electron chi connectivity index (χ2n) is 5.90. The zero-order valence-corrected chi connectivity index (χ0v) is 16.1. The maximum absolute atomic E-state index is 11.3. The lowest BCUT2D eigenvalue weighted by molar-refractivity contribution is -0.140. The number of aliphatic imine (C=N–C) groups is 1. The van der Waals surface area contributed by atoms with E-state index >= 15 is 0 Å². The maximum Gasteiger partial charge on any atom is 0.312 e. The van der Waals surface area contributed by atoms with E-state index in [0.717, 1.165) is 17.2 Å². The fourth-order valence-electron chi connectivity index (χ4n) is 2.06. The number of carboxylic acid groups (broad SMARTS) is 1. The van der Waals surface area contributed by atoms with E-state index in [9.17, 15) is 14.7 Å². The van der Waals surface area contributed by atoms with Crippen LogP contribution in [0.4, 0.5) is 0 Å². The Bertz CT molecular complexity index is 678. The van der Waals surface area contributed by atoms with Crippen molar-refractivity contribution in [3.8, 4) is 0 Å². The van der Waals surface area contributed by atoms with Gasteiger partial charge in [0, 0.05) is 23.7 Å². The Labute approximate surface area is 155 Å². The number of aliphatic carboxylic acids is 1. The Kier molecular flexibility index (Phi) is 10.3. The topological polar surface area (TPSA) is 105 Å². The van der Waals surface area contributed by atoms with Gasteiger partial charge in [-0.05, 0) is 57.9 Å². The molecule has 0 spiro atoms. The second-order valence-corrected chi connectivity index (χ2v) is 5.90. The van der Waals surface area contributed by atoms with Crippen LogP contribution < -0.4 is 11.1 Å². The van der Waals surface area contributed by atoms with Gasteiger partial charge in [0.1, 0.15) is 0 Å². The largest absolute Gasteiger partial charge is 0.481 e. The average molecular weight is 359 g/mol. The van der Waals surface area contributed by atoms with E-state index in [1.54, 1.807) is 32.9 Å². The first kappa shape index (κ1) is 23.1. The molecule has 0 fully saturated rings. The average Bonchev–Trinajstić information content (AvgIpc) is 2.59. The molecule has 6 heteroatoms. The highest BCUT2D eigenvalue weighted by Crippen LogP contribution is 2.15. The predicted molar refractivity (Wildman–Crippen MR) is 107 cm³/mol. The Morgan fingerprint density at radius 3 is 2.35 bits per heavy atom. The zero-order valence-electron chi connectivity index (χ0n) is 16.1. The number of nitrogens with zero attached hydrogens (tertiary/aromatic N) is 1. The van der Waals surface area contributed by atoms with Gasteiger partial charge in [0.05, 0.1) is 5.92 Å². The molecule has 0 aliphatic heterocycles. The first-order valence-corrected chi connectivity index (χ1v) is 8.31. The standard InChI is InChI=1S/C20H29N3O3/c1-7-9-10-18(14(4)20(25)26)23-16(6)17(15(5)21)11-13(3)12-22-19(24)8-2/h7-12,14,16,23H,2,21H2,1,3-6H3,(H,25,26)/b9-7-,13-11-,17-15-,18-10+,22-12?. The van der Waals surface area contributed by atoms with Gasteiger partial charge in [-0.2, -0.15) is 0 Å². The van der Waals surface area contributed by atoms with Gasteiger partial charge in [-0.3, -0.25) is 9.59 Å². The fourth-order valence-corrected chi connectivity index (χ4v) is 2.06. The van der Waals surface area contributed by atoms with Gasteiger partial charge >= 0.3 is 5.97 Å². The van der Waals surface area contributed by atoms with Crippen molar-refractivity contribution < 1.29 is 14.7 Å². The first-order chi connectivity index (χ1) is 12.1. The summed E-state index contributed by atoms with van der Waals surface area (Å²) in [4.78, 5) is 26.3. The van der Waals surface area contributed by atoms with Gasteiger partial charge in [0.15, 0.2) is 0 Å². The molecular formula is C20H29N3O3. The van der Waals surface area contributed by atoms with Gasteiger partial charge in [-0.25, -0.2) is 4.99 Å². The minimum Gasteiger partial charge on any atom is -0.481 e. The van der Waals surface area contributed by atoms with E-state index in [-0.39, 0.29) is 6.04 Å². The quantitative estimate of drug-likeness (QED) is 0.333. The van der Waals surface area contributed by atoms with Crippen molar-refractivity contribution in [2.24, 2.45) is 16.6 Å². The number of nitrogens with one attached hydrogen (secondary N) is 1. The number of amides is 1. The summed E-state index contributed by atoms with van der Waals surface area (Å²) in [6, 6.07) is -0.239. The lowest BCUT2D eigenvalue weighted by atomic mass is 10.0. The van der Waals surface area contributed by atoms with Crippen molar-refractivity contribution in [1.29, 1.82) is 0 Å². The van der Waals surface area contributed by atoms with Gasteiger partial charge < -0.3 is 16.2 Å². The number of carboxylic acids is 1. The first-order valence-electron chi connectivity index (χ1n) is 8.31. The summed E-state index contributed by atoms with van der Waals surface area (Å²) in [7, 11) is 0. The van der Waals surface area contributed by atoms with Crippen molar-refractivity contribution >= 4 is 18.1 Å². The third kappa shape index (κ3) is 8.28. The van der Waals surface area contributed by atoms with Crippen LogP contribution in [0, 0.1) is 5.92 Å². The summed E-state index contributed by atoms with van der Waals surface area (Å²) in [5, 5.41) is 12.5. The lowest BCUT2D eigenvalue weighted by Crippen LogP contribution is -2.33. The molecule has 1 amide bonds. The summed E-state index contributed by atoms with van der Waals surface area (Å²) in [6.07, 6.45) is 9.72. The summed E-state index contributed by atoms with van der Waals surface area (Å²) in [5.74, 6) is -2.03. The summed E-state index contributed by atoms with van der Waals surface area (Å²) in [5.41, 5.74) is 8.67. The van der Waals surface area contributed by atoms with Crippen molar-refractivity contribution in [2.45, 2.75) is 40.7 Å². The Morgan fingerprint density at radius 2 is 1.88 bits per heavy atom. The molecular weight excluding hydrogens is 330 g/mol. The second kappa shape index (κ2) is 11.6. The molecule has 0 aromatic carbocycles. The number of carbonyl (C=O) groups is 2. The van der Waals surface area contributed by atoms with Crippen LogP contribution in [0.5, 0.6) is 0 Å². The van der Waals surface area contributed by atoms with E-state index in [4.69, 9.17) is 5.73 Å². The highest BCUT2D eigenvalue weighted by molar-refractivity contribution is 5.96. The third-order valence-electron chi connectivity index (χ3n) is 3.56. The van der Waals surface area contributed by atoms with Crippen molar-refractivity contribution in [3.63, 3.8) is 0 Å². The summed E-state index contributed by atoms with van der Waals surface area (Å²) < 4.78 is 0. The van der Waals surface area contributed by atoms with Crippen LogP contribution in [0.15, 0.2) is 64.5 Å². The maximum atomic E-state index is 11.3. The number of hydrogen-bond acceptors (Lipinski definition) is 4. The zero-order chi connectivity index (χ0) is 20.3. The monoisotopic (exact) mass is 359 g/mol. The van der Waals surface area contributed by atoms with Crippen molar-refractivity contribution in [2.75, 3.05) is 0 Å². The molecule has 0 saturated heterocycles. The number of rotatable bonds is 9. The Morgan fingerprint density at radius 1 is 1.27 bits per heavy atom.